The summed E-state index contributed by atoms with van der Waals surface area (Å²) < 4.78 is 0. The summed E-state index contributed by atoms with van der Waals surface area (Å²) in [4.78, 5) is 2.38. The van der Waals surface area contributed by atoms with Gasteiger partial charge in [-0.05, 0) is 31.2 Å². The van der Waals surface area contributed by atoms with Crippen molar-refractivity contribution in [2.45, 2.75) is 25.9 Å². The fraction of sp³-hybridized carbons (Fsp3) is 0.692. The van der Waals surface area contributed by atoms with Crippen molar-refractivity contribution in [3.8, 4) is 0 Å². The van der Waals surface area contributed by atoms with Crippen LogP contribution in [-0.4, -0.2) is 35.7 Å². The SMILES string of the molecule is CC1C=CC=CC1CCN1CCC(O)C1. The van der Waals surface area contributed by atoms with E-state index in [1.807, 2.05) is 0 Å². The molecular weight excluding hydrogens is 186 g/mol. The van der Waals surface area contributed by atoms with Crippen molar-refractivity contribution in [2.75, 3.05) is 19.6 Å². The van der Waals surface area contributed by atoms with Crippen molar-refractivity contribution < 1.29 is 5.11 Å². The van der Waals surface area contributed by atoms with E-state index in [1.54, 1.807) is 0 Å². The van der Waals surface area contributed by atoms with Crippen LogP contribution in [0.1, 0.15) is 19.8 Å². The summed E-state index contributed by atoms with van der Waals surface area (Å²) >= 11 is 0. The second-order valence-electron chi connectivity index (χ2n) is 4.82. The van der Waals surface area contributed by atoms with Gasteiger partial charge >= 0.3 is 0 Å². The number of β-amino-alcohol motifs (C(OH)–C–C–N with tert-alkyl or cyclic N) is 1. The van der Waals surface area contributed by atoms with Gasteiger partial charge in [0, 0.05) is 13.1 Å². The molecule has 1 heterocycles. The monoisotopic (exact) mass is 207 g/mol. The van der Waals surface area contributed by atoms with E-state index in [2.05, 4.69) is 36.1 Å². The first-order valence-corrected chi connectivity index (χ1v) is 6.01. The number of nitrogens with zero attached hydrogens (tertiary/aromatic N) is 1. The van der Waals surface area contributed by atoms with E-state index in [9.17, 15) is 5.11 Å². The molecular formula is C13H21NO. The molecule has 3 unspecified atom stereocenters. The van der Waals surface area contributed by atoms with Gasteiger partial charge in [0.15, 0.2) is 0 Å². The largest absolute Gasteiger partial charge is 0.392 e. The van der Waals surface area contributed by atoms with Crippen LogP contribution in [0, 0.1) is 11.8 Å². The minimum Gasteiger partial charge on any atom is -0.392 e. The van der Waals surface area contributed by atoms with Gasteiger partial charge in [-0.2, -0.15) is 0 Å². The predicted octanol–water partition coefficient (Wildman–Crippen LogP) is 1.82. The van der Waals surface area contributed by atoms with Crippen LogP contribution in [0.2, 0.25) is 0 Å². The van der Waals surface area contributed by atoms with E-state index < -0.39 is 0 Å². The highest BCUT2D eigenvalue weighted by Gasteiger charge is 2.21. The highest BCUT2D eigenvalue weighted by Crippen LogP contribution is 2.23. The van der Waals surface area contributed by atoms with Gasteiger partial charge in [0.2, 0.25) is 0 Å². The number of allylic oxidation sites excluding steroid dienone is 4. The molecule has 2 aliphatic rings. The van der Waals surface area contributed by atoms with Crippen LogP contribution in [0.4, 0.5) is 0 Å². The molecule has 0 spiro atoms. The standard InChI is InChI=1S/C13H21NO/c1-11-4-2-3-5-12(11)6-8-14-9-7-13(15)10-14/h2-5,11-13,15H,6-10H2,1H3. The Morgan fingerprint density at radius 3 is 2.80 bits per heavy atom. The lowest BCUT2D eigenvalue weighted by Crippen LogP contribution is -2.26. The van der Waals surface area contributed by atoms with Crippen molar-refractivity contribution >= 4 is 0 Å². The van der Waals surface area contributed by atoms with Gasteiger partial charge in [-0.3, -0.25) is 0 Å². The molecule has 2 rings (SSSR count). The summed E-state index contributed by atoms with van der Waals surface area (Å²) in [7, 11) is 0. The molecule has 1 fully saturated rings. The summed E-state index contributed by atoms with van der Waals surface area (Å²) in [6.45, 7) is 5.36. The lowest BCUT2D eigenvalue weighted by atomic mass is 9.87. The molecule has 0 aromatic rings. The molecule has 2 nitrogen and oxygen atoms in total. The highest BCUT2D eigenvalue weighted by atomic mass is 16.3. The van der Waals surface area contributed by atoms with Crippen LogP contribution in [0.25, 0.3) is 0 Å². The Morgan fingerprint density at radius 2 is 2.13 bits per heavy atom. The van der Waals surface area contributed by atoms with Crippen molar-refractivity contribution in [1.29, 1.82) is 0 Å². The zero-order valence-corrected chi connectivity index (χ0v) is 9.47. The first-order chi connectivity index (χ1) is 7.25. The molecule has 0 amide bonds. The third-order valence-corrected chi connectivity index (χ3v) is 3.59. The molecule has 84 valence electrons. The first-order valence-electron chi connectivity index (χ1n) is 6.01. The third-order valence-electron chi connectivity index (χ3n) is 3.59. The van der Waals surface area contributed by atoms with Crippen LogP contribution >= 0.6 is 0 Å². The summed E-state index contributed by atoms with van der Waals surface area (Å²) in [6.07, 6.45) is 11.0. The zero-order valence-electron chi connectivity index (χ0n) is 9.47. The summed E-state index contributed by atoms with van der Waals surface area (Å²) in [5, 5.41) is 9.42. The lowest BCUT2D eigenvalue weighted by Gasteiger charge is -2.23. The molecule has 0 bridgehead atoms. The molecule has 15 heavy (non-hydrogen) atoms. The van der Waals surface area contributed by atoms with Crippen molar-refractivity contribution in [3.05, 3.63) is 24.3 Å². The Kier molecular flexibility index (Phi) is 3.60. The predicted molar refractivity (Wildman–Crippen MR) is 62.6 cm³/mol. The Hall–Kier alpha value is -0.600. The number of likely N-dealkylation sites (tertiary alicyclic amines) is 1. The molecule has 1 N–H and O–H groups in total. The fourth-order valence-corrected chi connectivity index (χ4v) is 2.47. The normalized spacial score (nSPS) is 36.3. The van der Waals surface area contributed by atoms with Crippen LogP contribution in [0.15, 0.2) is 24.3 Å². The van der Waals surface area contributed by atoms with E-state index in [-0.39, 0.29) is 6.10 Å². The van der Waals surface area contributed by atoms with Gasteiger partial charge in [0.1, 0.15) is 0 Å². The molecule has 0 aromatic heterocycles. The fourth-order valence-electron chi connectivity index (χ4n) is 2.47. The smallest absolute Gasteiger partial charge is 0.0679 e. The quantitative estimate of drug-likeness (QED) is 0.763. The molecule has 2 heteroatoms. The van der Waals surface area contributed by atoms with Crippen molar-refractivity contribution in [2.24, 2.45) is 11.8 Å². The highest BCUT2D eigenvalue weighted by molar-refractivity contribution is 5.13. The van der Waals surface area contributed by atoms with Crippen LogP contribution < -0.4 is 0 Å². The molecule has 1 saturated heterocycles. The number of hydrogen-bond donors (Lipinski definition) is 1. The maximum atomic E-state index is 9.42. The Bertz CT molecular complexity index is 259. The van der Waals surface area contributed by atoms with Gasteiger partial charge in [0.25, 0.3) is 0 Å². The van der Waals surface area contributed by atoms with Gasteiger partial charge < -0.3 is 10.0 Å². The van der Waals surface area contributed by atoms with Crippen molar-refractivity contribution in [1.82, 2.24) is 4.90 Å². The number of hydrogen-bond acceptors (Lipinski definition) is 2. The van der Waals surface area contributed by atoms with E-state index in [0.717, 1.165) is 26.1 Å². The number of aliphatic hydroxyl groups excluding tert-OH is 1. The van der Waals surface area contributed by atoms with E-state index in [1.165, 1.54) is 6.42 Å². The molecule has 0 saturated carbocycles. The van der Waals surface area contributed by atoms with E-state index >= 15 is 0 Å². The molecule has 1 aliphatic carbocycles. The number of rotatable bonds is 3. The average Bonchev–Trinajstić information content (AvgIpc) is 2.63. The Morgan fingerprint density at radius 1 is 1.33 bits per heavy atom. The molecule has 3 atom stereocenters. The third kappa shape index (κ3) is 2.93. The van der Waals surface area contributed by atoms with Crippen LogP contribution in [0.3, 0.4) is 0 Å². The number of aliphatic hydroxyl groups is 1. The maximum absolute atomic E-state index is 9.42. The average molecular weight is 207 g/mol. The Labute approximate surface area is 92.3 Å². The Balaban J connectivity index is 1.73. The lowest BCUT2D eigenvalue weighted by molar-refractivity contribution is 0.174. The minimum absolute atomic E-state index is 0.0794. The zero-order chi connectivity index (χ0) is 10.7. The molecule has 0 radical (unpaired) electrons. The van der Waals surface area contributed by atoms with Gasteiger partial charge in [-0.1, -0.05) is 31.2 Å². The first kappa shape index (κ1) is 10.9. The van der Waals surface area contributed by atoms with Gasteiger partial charge in [0.05, 0.1) is 6.10 Å². The topological polar surface area (TPSA) is 23.5 Å². The van der Waals surface area contributed by atoms with Gasteiger partial charge in [-0.25, -0.2) is 0 Å². The summed E-state index contributed by atoms with van der Waals surface area (Å²) in [6, 6.07) is 0. The van der Waals surface area contributed by atoms with E-state index in [4.69, 9.17) is 0 Å². The summed E-state index contributed by atoms with van der Waals surface area (Å²) in [5.74, 6) is 1.36. The minimum atomic E-state index is -0.0794. The van der Waals surface area contributed by atoms with Crippen LogP contribution in [0.5, 0.6) is 0 Å². The summed E-state index contributed by atoms with van der Waals surface area (Å²) in [5.41, 5.74) is 0. The maximum Gasteiger partial charge on any atom is 0.0679 e. The second kappa shape index (κ2) is 4.95. The molecule has 0 aromatic carbocycles. The van der Waals surface area contributed by atoms with E-state index in [0.29, 0.717) is 11.8 Å². The van der Waals surface area contributed by atoms with Crippen molar-refractivity contribution in [3.63, 3.8) is 0 Å². The van der Waals surface area contributed by atoms with Gasteiger partial charge in [-0.15, -0.1) is 0 Å². The van der Waals surface area contributed by atoms with Crippen LogP contribution in [-0.2, 0) is 0 Å². The molecule has 1 aliphatic heterocycles. The second-order valence-corrected chi connectivity index (χ2v) is 4.82.